The molecule has 1 aromatic heterocycles. The number of pyridine rings is 1. The van der Waals surface area contributed by atoms with E-state index in [4.69, 9.17) is 4.74 Å². The molecule has 1 amide bonds. The third-order valence-electron chi connectivity index (χ3n) is 2.81. The SMILES string of the molecule is CCNC(=O)[C@H](C)OC(=O)c1ccc2ccccc2n1. The highest BCUT2D eigenvalue weighted by Crippen LogP contribution is 2.12. The maximum absolute atomic E-state index is 11.9. The van der Waals surface area contributed by atoms with E-state index in [0.717, 1.165) is 5.39 Å². The van der Waals surface area contributed by atoms with Crippen molar-refractivity contribution in [2.45, 2.75) is 20.0 Å². The van der Waals surface area contributed by atoms with E-state index >= 15 is 0 Å². The number of nitrogens with zero attached hydrogens (tertiary/aromatic N) is 1. The number of rotatable bonds is 4. The van der Waals surface area contributed by atoms with Crippen molar-refractivity contribution in [3.8, 4) is 0 Å². The summed E-state index contributed by atoms with van der Waals surface area (Å²) in [5, 5.41) is 3.54. The Bertz CT molecular complexity index is 640. The molecule has 0 saturated carbocycles. The third kappa shape index (κ3) is 3.12. The number of para-hydroxylation sites is 1. The number of carbonyl (C=O) groups is 2. The van der Waals surface area contributed by atoms with Crippen molar-refractivity contribution < 1.29 is 14.3 Å². The van der Waals surface area contributed by atoms with E-state index < -0.39 is 12.1 Å². The maximum Gasteiger partial charge on any atom is 0.357 e. The van der Waals surface area contributed by atoms with Crippen molar-refractivity contribution in [3.63, 3.8) is 0 Å². The number of hydrogen-bond donors (Lipinski definition) is 1. The van der Waals surface area contributed by atoms with Gasteiger partial charge in [0.15, 0.2) is 6.10 Å². The summed E-state index contributed by atoms with van der Waals surface area (Å²) in [6, 6.07) is 10.9. The molecule has 1 heterocycles. The van der Waals surface area contributed by atoms with Gasteiger partial charge in [-0.05, 0) is 26.0 Å². The minimum Gasteiger partial charge on any atom is -0.448 e. The summed E-state index contributed by atoms with van der Waals surface area (Å²) in [4.78, 5) is 27.7. The van der Waals surface area contributed by atoms with Crippen molar-refractivity contribution >= 4 is 22.8 Å². The topological polar surface area (TPSA) is 68.3 Å². The molecule has 0 fully saturated rings. The Morgan fingerprint density at radius 3 is 2.75 bits per heavy atom. The summed E-state index contributed by atoms with van der Waals surface area (Å²) in [6.45, 7) is 3.83. The monoisotopic (exact) mass is 272 g/mol. The van der Waals surface area contributed by atoms with E-state index in [1.165, 1.54) is 6.92 Å². The summed E-state index contributed by atoms with van der Waals surface area (Å²) in [7, 11) is 0. The van der Waals surface area contributed by atoms with E-state index in [9.17, 15) is 9.59 Å². The highest BCUT2D eigenvalue weighted by Gasteiger charge is 2.19. The van der Waals surface area contributed by atoms with Crippen LogP contribution in [-0.2, 0) is 9.53 Å². The van der Waals surface area contributed by atoms with Crippen LogP contribution in [0.5, 0.6) is 0 Å². The van der Waals surface area contributed by atoms with E-state index in [1.54, 1.807) is 19.1 Å². The average molecular weight is 272 g/mol. The highest BCUT2D eigenvalue weighted by molar-refractivity contribution is 5.93. The molecule has 5 nitrogen and oxygen atoms in total. The first-order valence-electron chi connectivity index (χ1n) is 6.46. The Hall–Kier alpha value is -2.43. The first-order valence-corrected chi connectivity index (χ1v) is 6.46. The number of aromatic nitrogens is 1. The van der Waals surface area contributed by atoms with Gasteiger partial charge >= 0.3 is 5.97 Å². The van der Waals surface area contributed by atoms with Crippen molar-refractivity contribution in [2.24, 2.45) is 0 Å². The van der Waals surface area contributed by atoms with Gasteiger partial charge in [-0.2, -0.15) is 0 Å². The zero-order chi connectivity index (χ0) is 14.5. The van der Waals surface area contributed by atoms with Gasteiger partial charge in [0.2, 0.25) is 0 Å². The van der Waals surface area contributed by atoms with Crippen molar-refractivity contribution in [1.82, 2.24) is 10.3 Å². The molecule has 20 heavy (non-hydrogen) atoms. The fourth-order valence-corrected chi connectivity index (χ4v) is 1.77. The average Bonchev–Trinajstić information content (AvgIpc) is 2.46. The molecule has 0 bridgehead atoms. The Morgan fingerprint density at radius 1 is 1.25 bits per heavy atom. The molecule has 1 atom stereocenters. The van der Waals surface area contributed by atoms with Crippen LogP contribution in [0.15, 0.2) is 36.4 Å². The molecular weight excluding hydrogens is 256 g/mol. The lowest BCUT2D eigenvalue weighted by atomic mass is 10.2. The summed E-state index contributed by atoms with van der Waals surface area (Å²) < 4.78 is 5.09. The molecule has 0 aliphatic rings. The second kappa shape index (κ2) is 6.14. The van der Waals surface area contributed by atoms with Crippen LogP contribution in [0.4, 0.5) is 0 Å². The number of carbonyl (C=O) groups excluding carboxylic acids is 2. The fraction of sp³-hybridized carbons (Fsp3) is 0.267. The fourth-order valence-electron chi connectivity index (χ4n) is 1.77. The number of likely N-dealkylation sites (N-methyl/N-ethyl adjacent to an activating group) is 1. The van der Waals surface area contributed by atoms with Crippen LogP contribution in [-0.4, -0.2) is 29.5 Å². The lowest BCUT2D eigenvalue weighted by Crippen LogP contribution is -2.35. The summed E-state index contributed by atoms with van der Waals surface area (Å²) in [5.74, 6) is -0.920. The molecule has 0 saturated heterocycles. The largest absolute Gasteiger partial charge is 0.448 e. The summed E-state index contributed by atoms with van der Waals surface area (Å²) in [5.41, 5.74) is 0.910. The first kappa shape index (κ1) is 14.0. The zero-order valence-electron chi connectivity index (χ0n) is 11.4. The van der Waals surface area contributed by atoms with Gasteiger partial charge in [0, 0.05) is 11.9 Å². The minimum absolute atomic E-state index is 0.194. The molecule has 0 aliphatic carbocycles. The highest BCUT2D eigenvalue weighted by atomic mass is 16.5. The van der Waals surface area contributed by atoms with Gasteiger partial charge in [-0.15, -0.1) is 0 Å². The molecule has 1 N–H and O–H groups in total. The number of ether oxygens (including phenoxy) is 1. The minimum atomic E-state index is -0.837. The molecule has 0 radical (unpaired) electrons. The Morgan fingerprint density at radius 2 is 2.00 bits per heavy atom. The lowest BCUT2D eigenvalue weighted by molar-refractivity contribution is -0.128. The van der Waals surface area contributed by atoms with Gasteiger partial charge in [0.1, 0.15) is 5.69 Å². The van der Waals surface area contributed by atoms with Crippen LogP contribution in [0.2, 0.25) is 0 Å². The number of nitrogens with one attached hydrogen (secondary N) is 1. The van der Waals surface area contributed by atoms with E-state index in [0.29, 0.717) is 12.1 Å². The molecule has 2 aromatic rings. The molecule has 2 rings (SSSR count). The molecule has 104 valence electrons. The van der Waals surface area contributed by atoms with E-state index in [-0.39, 0.29) is 11.6 Å². The molecular formula is C15H16N2O3. The van der Waals surface area contributed by atoms with Crippen LogP contribution in [0.3, 0.4) is 0 Å². The molecule has 0 spiro atoms. The third-order valence-corrected chi connectivity index (χ3v) is 2.81. The lowest BCUT2D eigenvalue weighted by Gasteiger charge is -2.12. The molecule has 1 aromatic carbocycles. The van der Waals surface area contributed by atoms with Crippen LogP contribution in [0, 0.1) is 0 Å². The van der Waals surface area contributed by atoms with Gasteiger partial charge < -0.3 is 10.1 Å². The van der Waals surface area contributed by atoms with E-state index in [1.807, 2.05) is 24.3 Å². The van der Waals surface area contributed by atoms with Crippen molar-refractivity contribution in [3.05, 3.63) is 42.1 Å². The van der Waals surface area contributed by atoms with Gasteiger partial charge in [0.05, 0.1) is 5.52 Å². The first-order chi connectivity index (χ1) is 9.61. The molecule has 0 aliphatic heterocycles. The zero-order valence-corrected chi connectivity index (χ0v) is 11.4. The number of hydrogen-bond acceptors (Lipinski definition) is 4. The number of amides is 1. The van der Waals surface area contributed by atoms with Crippen LogP contribution in [0.25, 0.3) is 10.9 Å². The second-order valence-corrected chi connectivity index (χ2v) is 4.33. The quantitative estimate of drug-likeness (QED) is 0.863. The molecule has 5 heteroatoms. The van der Waals surface area contributed by atoms with Crippen LogP contribution >= 0.6 is 0 Å². The van der Waals surface area contributed by atoms with Gasteiger partial charge in [-0.25, -0.2) is 9.78 Å². The predicted molar refractivity (Wildman–Crippen MR) is 75.3 cm³/mol. The molecule has 0 unspecified atom stereocenters. The van der Waals surface area contributed by atoms with Gasteiger partial charge in [0.25, 0.3) is 5.91 Å². The number of esters is 1. The summed E-state index contributed by atoms with van der Waals surface area (Å²) >= 11 is 0. The Balaban J connectivity index is 2.13. The standard InChI is InChI=1S/C15H16N2O3/c1-3-16-14(18)10(2)20-15(19)13-9-8-11-6-4-5-7-12(11)17-13/h4-10H,3H2,1-2H3,(H,16,18)/t10-/m0/s1. The Labute approximate surface area is 117 Å². The summed E-state index contributed by atoms with van der Waals surface area (Å²) in [6.07, 6.45) is -0.837. The predicted octanol–water partition coefficient (Wildman–Crippen LogP) is 1.92. The van der Waals surface area contributed by atoms with E-state index in [2.05, 4.69) is 10.3 Å². The van der Waals surface area contributed by atoms with Crippen molar-refractivity contribution in [2.75, 3.05) is 6.54 Å². The number of benzene rings is 1. The van der Waals surface area contributed by atoms with Crippen LogP contribution in [0.1, 0.15) is 24.3 Å². The van der Waals surface area contributed by atoms with Crippen LogP contribution < -0.4 is 5.32 Å². The van der Waals surface area contributed by atoms with Gasteiger partial charge in [-0.1, -0.05) is 24.3 Å². The smallest absolute Gasteiger partial charge is 0.357 e. The normalized spacial score (nSPS) is 11.9. The van der Waals surface area contributed by atoms with Crippen molar-refractivity contribution in [1.29, 1.82) is 0 Å². The second-order valence-electron chi connectivity index (χ2n) is 4.33. The van der Waals surface area contributed by atoms with Gasteiger partial charge in [-0.3, -0.25) is 4.79 Å². The number of fused-ring (bicyclic) bond motifs is 1. The Kier molecular flexibility index (Phi) is 4.30. The maximum atomic E-state index is 11.9.